The minimum absolute atomic E-state index is 0.00409. The topological polar surface area (TPSA) is 56.8 Å². The molecule has 0 bridgehead atoms. The Labute approximate surface area is 106 Å². The fraction of sp³-hybridized carbons (Fsp3) is 0.462. The van der Waals surface area contributed by atoms with Crippen molar-refractivity contribution in [2.75, 3.05) is 18.7 Å². The van der Waals surface area contributed by atoms with E-state index in [1.165, 1.54) is 0 Å². The molecule has 1 N–H and O–H groups in total. The van der Waals surface area contributed by atoms with E-state index in [9.17, 15) is 4.79 Å². The lowest BCUT2D eigenvalue weighted by atomic mass is 10.2. The summed E-state index contributed by atoms with van der Waals surface area (Å²) < 4.78 is 15.4. The second kappa shape index (κ2) is 5.62. The van der Waals surface area contributed by atoms with Crippen LogP contribution in [0.25, 0.3) is 0 Å². The average Bonchev–Trinajstić information content (AvgIpc) is 2.76. The van der Waals surface area contributed by atoms with E-state index >= 15 is 0 Å². The third kappa shape index (κ3) is 3.06. The molecule has 0 radical (unpaired) electrons. The van der Waals surface area contributed by atoms with Crippen LogP contribution in [0.2, 0.25) is 0 Å². The van der Waals surface area contributed by atoms with Crippen LogP contribution in [0.15, 0.2) is 18.2 Å². The predicted molar refractivity (Wildman–Crippen MR) is 66.9 cm³/mol. The highest BCUT2D eigenvalue weighted by molar-refractivity contribution is 5.70. The predicted octanol–water partition coefficient (Wildman–Crippen LogP) is 2.17. The van der Waals surface area contributed by atoms with E-state index in [2.05, 4.69) is 5.32 Å². The summed E-state index contributed by atoms with van der Waals surface area (Å²) in [7, 11) is 0. The first-order valence-electron chi connectivity index (χ1n) is 6.01. The largest absolute Gasteiger partial charge is 0.466 e. The molecule has 5 heteroatoms. The first kappa shape index (κ1) is 12.5. The molecular weight excluding hydrogens is 234 g/mol. The molecule has 0 saturated heterocycles. The van der Waals surface area contributed by atoms with Gasteiger partial charge in [-0.2, -0.15) is 0 Å². The summed E-state index contributed by atoms with van der Waals surface area (Å²) in [5, 5.41) is 3.22. The minimum atomic E-state index is -0.196. The van der Waals surface area contributed by atoms with E-state index in [1.54, 1.807) is 6.92 Å². The van der Waals surface area contributed by atoms with Gasteiger partial charge >= 0.3 is 5.97 Å². The molecule has 98 valence electrons. The number of benzene rings is 1. The molecule has 18 heavy (non-hydrogen) atoms. The highest BCUT2D eigenvalue weighted by Gasteiger charge is 2.15. The summed E-state index contributed by atoms with van der Waals surface area (Å²) >= 11 is 0. The fourth-order valence-corrected chi connectivity index (χ4v) is 1.79. The van der Waals surface area contributed by atoms with Crippen LogP contribution in [-0.2, 0) is 9.53 Å². The molecule has 0 aromatic heterocycles. The van der Waals surface area contributed by atoms with Gasteiger partial charge in [-0.1, -0.05) is 0 Å². The van der Waals surface area contributed by atoms with E-state index in [4.69, 9.17) is 14.2 Å². The maximum absolute atomic E-state index is 11.3. The van der Waals surface area contributed by atoms with Crippen molar-refractivity contribution in [3.05, 3.63) is 18.2 Å². The fourth-order valence-electron chi connectivity index (χ4n) is 1.79. The lowest BCUT2D eigenvalue weighted by molar-refractivity contribution is -0.143. The lowest BCUT2D eigenvalue weighted by Crippen LogP contribution is -2.20. The Morgan fingerprint density at radius 3 is 3.00 bits per heavy atom. The molecular formula is C13H17NO4. The minimum Gasteiger partial charge on any atom is -0.466 e. The highest BCUT2D eigenvalue weighted by Crippen LogP contribution is 2.34. The Bertz CT molecular complexity index is 433. The Hall–Kier alpha value is -1.91. The molecule has 1 unspecified atom stereocenters. The number of rotatable bonds is 5. The summed E-state index contributed by atoms with van der Waals surface area (Å²) in [6, 6.07) is 5.62. The number of nitrogens with one attached hydrogen (secondary N) is 1. The van der Waals surface area contributed by atoms with Gasteiger partial charge in [0.05, 0.1) is 13.0 Å². The standard InChI is InChI=1S/C13H17NO4/c1-3-16-13(15)6-9(2)14-10-4-5-11-12(7-10)18-8-17-11/h4-5,7,9,14H,3,6,8H2,1-2H3. The third-order valence-electron chi connectivity index (χ3n) is 2.56. The second-order valence-electron chi connectivity index (χ2n) is 4.12. The molecule has 0 aliphatic carbocycles. The van der Waals surface area contributed by atoms with Gasteiger partial charge in [0.15, 0.2) is 11.5 Å². The Morgan fingerprint density at radius 2 is 2.22 bits per heavy atom. The SMILES string of the molecule is CCOC(=O)CC(C)Nc1ccc2c(c1)OCO2. The van der Waals surface area contributed by atoms with Gasteiger partial charge in [0.2, 0.25) is 6.79 Å². The number of fused-ring (bicyclic) bond motifs is 1. The molecule has 0 saturated carbocycles. The first-order valence-corrected chi connectivity index (χ1v) is 6.01. The number of carbonyl (C=O) groups excluding carboxylic acids is 1. The molecule has 1 aromatic carbocycles. The molecule has 1 aromatic rings. The zero-order chi connectivity index (χ0) is 13.0. The Balaban J connectivity index is 1.91. The van der Waals surface area contributed by atoms with Crippen LogP contribution in [0.4, 0.5) is 5.69 Å². The number of carbonyl (C=O) groups is 1. The smallest absolute Gasteiger partial charge is 0.307 e. The van der Waals surface area contributed by atoms with E-state index < -0.39 is 0 Å². The van der Waals surface area contributed by atoms with Crippen molar-refractivity contribution in [1.29, 1.82) is 0 Å². The summed E-state index contributed by atoms with van der Waals surface area (Å²) in [5.41, 5.74) is 0.899. The summed E-state index contributed by atoms with van der Waals surface area (Å²) in [4.78, 5) is 11.3. The monoisotopic (exact) mass is 251 g/mol. The van der Waals surface area contributed by atoms with Gasteiger partial charge in [0, 0.05) is 17.8 Å². The molecule has 5 nitrogen and oxygen atoms in total. The van der Waals surface area contributed by atoms with Crippen molar-refractivity contribution >= 4 is 11.7 Å². The molecule has 0 amide bonds. The highest BCUT2D eigenvalue weighted by atomic mass is 16.7. The van der Waals surface area contributed by atoms with E-state index in [-0.39, 0.29) is 18.8 Å². The quantitative estimate of drug-likeness (QED) is 0.813. The van der Waals surface area contributed by atoms with Gasteiger partial charge in [0.25, 0.3) is 0 Å². The molecule has 0 spiro atoms. The van der Waals surface area contributed by atoms with Crippen LogP contribution in [0.3, 0.4) is 0 Å². The third-order valence-corrected chi connectivity index (χ3v) is 2.56. The molecule has 1 heterocycles. The number of hydrogen-bond donors (Lipinski definition) is 1. The average molecular weight is 251 g/mol. The molecule has 1 aliphatic rings. The summed E-state index contributed by atoms with van der Waals surface area (Å²) in [6.45, 7) is 4.40. The summed E-state index contributed by atoms with van der Waals surface area (Å²) in [6.07, 6.45) is 0.336. The summed E-state index contributed by atoms with van der Waals surface area (Å²) in [5.74, 6) is 1.28. The first-order chi connectivity index (χ1) is 8.69. The maximum Gasteiger partial charge on any atom is 0.307 e. The van der Waals surface area contributed by atoms with Crippen LogP contribution in [-0.4, -0.2) is 25.4 Å². The van der Waals surface area contributed by atoms with Crippen molar-refractivity contribution in [2.24, 2.45) is 0 Å². The number of anilines is 1. The van der Waals surface area contributed by atoms with Gasteiger partial charge in [-0.05, 0) is 26.0 Å². The van der Waals surface area contributed by atoms with Gasteiger partial charge in [-0.15, -0.1) is 0 Å². The van der Waals surface area contributed by atoms with Crippen molar-refractivity contribution in [2.45, 2.75) is 26.3 Å². The molecule has 2 rings (SSSR count). The normalized spacial score (nSPS) is 14.1. The van der Waals surface area contributed by atoms with Gasteiger partial charge in [-0.25, -0.2) is 0 Å². The van der Waals surface area contributed by atoms with Crippen molar-refractivity contribution in [1.82, 2.24) is 0 Å². The molecule has 1 aliphatic heterocycles. The number of hydrogen-bond acceptors (Lipinski definition) is 5. The Morgan fingerprint density at radius 1 is 1.44 bits per heavy atom. The van der Waals surface area contributed by atoms with Crippen LogP contribution < -0.4 is 14.8 Å². The molecule has 1 atom stereocenters. The zero-order valence-corrected chi connectivity index (χ0v) is 10.6. The Kier molecular flexibility index (Phi) is 3.92. The van der Waals surface area contributed by atoms with Gasteiger partial charge in [-0.3, -0.25) is 4.79 Å². The van der Waals surface area contributed by atoms with E-state index in [0.29, 0.717) is 13.0 Å². The molecule has 0 fully saturated rings. The van der Waals surface area contributed by atoms with Crippen LogP contribution >= 0.6 is 0 Å². The number of ether oxygens (including phenoxy) is 3. The van der Waals surface area contributed by atoms with Crippen molar-refractivity contribution < 1.29 is 19.0 Å². The van der Waals surface area contributed by atoms with E-state index in [0.717, 1.165) is 17.2 Å². The van der Waals surface area contributed by atoms with Crippen LogP contribution in [0.5, 0.6) is 11.5 Å². The van der Waals surface area contributed by atoms with Crippen molar-refractivity contribution in [3.8, 4) is 11.5 Å². The van der Waals surface area contributed by atoms with Crippen LogP contribution in [0.1, 0.15) is 20.3 Å². The van der Waals surface area contributed by atoms with Crippen molar-refractivity contribution in [3.63, 3.8) is 0 Å². The van der Waals surface area contributed by atoms with Gasteiger partial charge in [0.1, 0.15) is 0 Å². The zero-order valence-electron chi connectivity index (χ0n) is 10.6. The van der Waals surface area contributed by atoms with Crippen LogP contribution in [0, 0.1) is 0 Å². The maximum atomic E-state index is 11.3. The number of esters is 1. The van der Waals surface area contributed by atoms with Gasteiger partial charge < -0.3 is 19.5 Å². The lowest BCUT2D eigenvalue weighted by Gasteiger charge is -2.14. The second-order valence-corrected chi connectivity index (χ2v) is 4.12. The van der Waals surface area contributed by atoms with E-state index in [1.807, 2.05) is 25.1 Å².